The molecule has 0 aromatic heterocycles. The molecule has 0 aliphatic rings. The average Bonchev–Trinajstić information content (AvgIpc) is 2.14. The van der Waals surface area contributed by atoms with Crippen molar-refractivity contribution in [3.63, 3.8) is 0 Å². The highest BCUT2D eigenvalue weighted by atomic mass is 32.2. The van der Waals surface area contributed by atoms with Gasteiger partial charge in [0, 0.05) is 11.8 Å². The lowest BCUT2D eigenvalue weighted by molar-refractivity contribution is 0.350. The number of hydrogen-bond acceptors (Lipinski definition) is 3. The smallest absolute Gasteiger partial charge is 0.176 e. The Morgan fingerprint density at radius 1 is 1.36 bits per heavy atom. The van der Waals surface area contributed by atoms with Gasteiger partial charge in [0.2, 0.25) is 0 Å². The van der Waals surface area contributed by atoms with Crippen molar-refractivity contribution in [2.24, 2.45) is 0 Å². The Bertz CT molecular complexity index is 478. The maximum atomic E-state index is 11.3. The molecule has 0 unspecified atom stereocenters. The summed E-state index contributed by atoms with van der Waals surface area (Å²) in [5.41, 5.74) is 0.420. The van der Waals surface area contributed by atoms with Crippen LogP contribution in [-0.4, -0.2) is 26.4 Å². The molecule has 0 saturated heterocycles. The van der Waals surface area contributed by atoms with Crippen LogP contribution in [0.2, 0.25) is 0 Å². The molecule has 0 radical (unpaired) electrons. The molecule has 1 aromatic rings. The largest absolute Gasteiger partial charge is 0.384 e. The predicted octanol–water partition coefficient (Wildman–Crippen LogP) is 0.434. The van der Waals surface area contributed by atoms with Gasteiger partial charge in [-0.2, -0.15) is 0 Å². The minimum Gasteiger partial charge on any atom is -0.384 e. The summed E-state index contributed by atoms with van der Waals surface area (Å²) in [6.07, 6.45) is 1.13. The monoisotopic (exact) mass is 210 g/mol. The van der Waals surface area contributed by atoms with Crippen LogP contribution in [-0.2, 0) is 9.84 Å². The van der Waals surface area contributed by atoms with Crippen LogP contribution in [0, 0.1) is 11.8 Å². The van der Waals surface area contributed by atoms with Crippen molar-refractivity contribution in [2.45, 2.75) is 4.90 Å². The minimum absolute atomic E-state index is 0.195. The molecule has 74 valence electrons. The Morgan fingerprint density at radius 2 is 2.00 bits per heavy atom. The van der Waals surface area contributed by atoms with Crippen LogP contribution >= 0.6 is 0 Å². The van der Waals surface area contributed by atoms with Crippen molar-refractivity contribution in [1.82, 2.24) is 0 Å². The van der Waals surface area contributed by atoms with Crippen LogP contribution in [0.4, 0.5) is 0 Å². The topological polar surface area (TPSA) is 54.4 Å². The second-order valence-electron chi connectivity index (χ2n) is 2.73. The van der Waals surface area contributed by atoms with E-state index in [0.717, 1.165) is 6.26 Å². The molecule has 0 amide bonds. The summed E-state index contributed by atoms with van der Waals surface area (Å²) in [6.45, 7) is -0.280. The highest BCUT2D eigenvalue weighted by Gasteiger charge is 2.10. The van der Waals surface area contributed by atoms with E-state index in [-0.39, 0.29) is 11.5 Å². The molecule has 0 fully saturated rings. The van der Waals surface area contributed by atoms with Crippen LogP contribution in [0.25, 0.3) is 0 Å². The van der Waals surface area contributed by atoms with Crippen LogP contribution in [0.1, 0.15) is 5.56 Å². The van der Waals surface area contributed by atoms with Gasteiger partial charge in [0.15, 0.2) is 9.84 Å². The minimum atomic E-state index is -3.25. The number of aliphatic hydroxyl groups excluding tert-OH is 1. The lowest BCUT2D eigenvalue weighted by atomic mass is 10.2. The van der Waals surface area contributed by atoms with Gasteiger partial charge < -0.3 is 5.11 Å². The lowest BCUT2D eigenvalue weighted by Crippen LogP contribution is -1.99. The Balaban J connectivity index is 3.31. The predicted molar refractivity (Wildman–Crippen MR) is 53.5 cm³/mol. The molecule has 0 bridgehead atoms. The highest BCUT2D eigenvalue weighted by Crippen LogP contribution is 2.13. The van der Waals surface area contributed by atoms with Gasteiger partial charge >= 0.3 is 0 Å². The number of benzene rings is 1. The summed E-state index contributed by atoms with van der Waals surface area (Å²) in [4.78, 5) is 0.195. The van der Waals surface area contributed by atoms with E-state index in [9.17, 15) is 8.42 Å². The summed E-state index contributed by atoms with van der Waals surface area (Å²) >= 11 is 0. The molecule has 1 rings (SSSR count). The molecule has 0 spiro atoms. The van der Waals surface area contributed by atoms with Crippen molar-refractivity contribution >= 4 is 9.84 Å². The zero-order valence-corrected chi connectivity index (χ0v) is 8.50. The molecule has 4 heteroatoms. The van der Waals surface area contributed by atoms with E-state index in [4.69, 9.17) is 5.11 Å². The quantitative estimate of drug-likeness (QED) is 0.684. The molecule has 1 N–H and O–H groups in total. The molecule has 0 saturated carbocycles. The zero-order valence-electron chi connectivity index (χ0n) is 7.69. The van der Waals surface area contributed by atoms with Crippen molar-refractivity contribution in [3.8, 4) is 11.8 Å². The average molecular weight is 210 g/mol. The second-order valence-corrected chi connectivity index (χ2v) is 4.71. The molecular weight excluding hydrogens is 200 g/mol. The lowest BCUT2D eigenvalue weighted by Gasteiger charge is -2.00. The normalized spacial score (nSPS) is 10.4. The first kappa shape index (κ1) is 10.8. The fraction of sp³-hybridized carbons (Fsp3) is 0.200. The summed E-state index contributed by atoms with van der Waals surface area (Å²) in [5.74, 6) is 5.01. The molecule has 0 aliphatic heterocycles. The Hall–Kier alpha value is -1.31. The van der Waals surface area contributed by atoms with Crippen molar-refractivity contribution in [1.29, 1.82) is 0 Å². The van der Waals surface area contributed by atoms with Gasteiger partial charge in [-0.25, -0.2) is 8.42 Å². The fourth-order valence-corrected chi connectivity index (χ4v) is 1.87. The van der Waals surface area contributed by atoms with E-state index in [0.29, 0.717) is 5.56 Å². The van der Waals surface area contributed by atoms with Crippen molar-refractivity contribution in [3.05, 3.63) is 29.8 Å². The fourth-order valence-electron chi connectivity index (χ4n) is 1.03. The van der Waals surface area contributed by atoms with Crippen LogP contribution in [0.5, 0.6) is 0 Å². The number of hydrogen-bond donors (Lipinski definition) is 1. The third kappa shape index (κ3) is 2.59. The first-order chi connectivity index (χ1) is 6.55. The summed E-state index contributed by atoms with van der Waals surface area (Å²) in [7, 11) is -3.25. The van der Waals surface area contributed by atoms with Gasteiger partial charge in [-0.05, 0) is 12.1 Å². The number of sulfone groups is 1. The van der Waals surface area contributed by atoms with E-state index in [1.807, 2.05) is 0 Å². The van der Waals surface area contributed by atoms with Gasteiger partial charge in [-0.15, -0.1) is 0 Å². The van der Waals surface area contributed by atoms with Crippen LogP contribution in [0.3, 0.4) is 0 Å². The molecule has 0 heterocycles. The van der Waals surface area contributed by atoms with Crippen LogP contribution in [0.15, 0.2) is 29.2 Å². The zero-order chi connectivity index (χ0) is 10.6. The van der Waals surface area contributed by atoms with Gasteiger partial charge in [0.25, 0.3) is 0 Å². The van der Waals surface area contributed by atoms with Gasteiger partial charge in [0.05, 0.1) is 4.90 Å². The van der Waals surface area contributed by atoms with Gasteiger partial charge in [-0.3, -0.25) is 0 Å². The first-order valence-electron chi connectivity index (χ1n) is 3.94. The highest BCUT2D eigenvalue weighted by molar-refractivity contribution is 7.90. The Kier molecular flexibility index (Phi) is 3.28. The van der Waals surface area contributed by atoms with E-state index in [1.165, 1.54) is 6.07 Å². The summed E-state index contributed by atoms with van der Waals surface area (Å²) in [6, 6.07) is 6.45. The molecule has 14 heavy (non-hydrogen) atoms. The standard InChI is InChI=1S/C10H10O3S/c1-14(12,13)10-7-3-2-5-9(10)6-4-8-11/h2-3,5,7,11H,8H2,1H3. The maximum absolute atomic E-state index is 11.3. The number of aliphatic hydroxyl groups is 1. The molecule has 1 aromatic carbocycles. The van der Waals surface area contributed by atoms with E-state index >= 15 is 0 Å². The van der Waals surface area contributed by atoms with Crippen molar-refractivity contribution < 1.29 is 13.5 Å². The van der Waals surface area contributed by atoms with E-state index < -0.39 is 9.84 Å². The van der Waals surface area contributed by atoms with E-state index in [1.54, 1.807) is 18.2 Å². The van der Waals surface area contributed by atoms with Crippen LogP contribution < -0.4 is 0 Å². The maximum Gasteiger partial charge on any atom is 0.176 e. The summed E-state index contributed by atoms with van der Waals surface area (Å²) in [5, 5.41) is 8.50. The Morgan fingerprint density at radius 3 is 2.57 bits per heavy atom. The Labute approximate surface area is 83.3 Å². The SMILES string of the molecule is CS(=O)(=O)c1ccccc1C#CCO. The molecular formula is C10H10O3S. The van der Waals surface area contributed by atoms with Crippen molar-refractivity contribution in [2.75, 3.05) is 12.9 Å². The van der Waals surface area contributed by atoms with Gasteiger partial charge in [0.1, 0.15) is 6.61 Å². The second kappa shape index (κ2) is 4.27. The van der Waals surface area contributed by atoms with Gasteiger partial charge in [-0.1, -0.05) is 24.0 Å². The third-order valence-electron chi connectivity index (χ3n) is 1.59. The third-order valence-corrected chi connectivity index (χ3v) is 2.74. The van der Waals surface area contributed by atoms with E-state index in [2.05, 4.69) is 11.8 Å². The molecule has 0 atom stereocenters. The molecule has 0 aliphatic carbocycles. The summed E-state index contributed by atoms with van der Waals surface area (Å²) < 4.78 is 22.6. The first-order valence-corrected chi connectivity index (χ1v) is 5.83. The molecule has 3 nitrogen and oxygen atoms in total. The number of rotatable bonds is 1.